The Morgan fingerprint density at radius 1 is 1.46 bits per heavy atom. The monoisotopic (exact) mass is 196 g/mol. The number of hydrogen-bond acceptors (Lipinski definition) is 5. The smallest absolute Gasteiger partial charge is 0.316 e. The molecular weight excluding hydrogens is 192 g/mol. The third kappa shape index (κ3) is 2.28. The third-order valence-electron chi connectivity index (χ3n) is 1.27. The van der Waals surface area contributed by atoms with Crippen LogP contribution >= 0.6 is 0 Å². The molecule has 13 heavy (non-hydrogen) atoms. The van der Waals surface area contributed by atoms with E-state index in [0.29, 0.717) is 0 Å². The minimum Gasteiger partial charge on any atom is -0.508 e. The van der Waals surface area contributed by atoms with Gasteiger partial charge in [0.1, 0.15) is 17.5 Å². The molecule has 0 aliphatic rings. The zero-order chi connectivity index (χ0) is 9.84. The molecule has 1 N–H and O–H groups in total. The summed E-state index contributed by atoms with van der Waals surface area (Å²) in [4.78, 5) is 0. The zero-order valence-corrected chi connectivity index (χ0v) is 7.11. The highest BCUT2D eigenvalue weighted by Crippen LogP contribution is 2.23. The summed E-state index contributed by atoms with van der Waals surface area (Å²) in [6.45, 7) is 0. The van der Waals surface area contributed by atoms with Crippen molar-refractivity contribution in [1.82, 2.24) is 0 Å². The number of phenols is 1. The number of phenolic OH excluding ortho intramolecular Hbond substituents is 1. The van der Waals surface area contributed by atoms with Gasteiger partial charge in [0.05, 0.1) is 5.56 Å². The second-order valence-corrected chi connectivity index (χ2v) is 2.74. The number of nitrogens with zero attached hydrogens (tertiary/aromatic N) is 2. The standard InChI is InChI=1S/C7H4N2O3S/c8-4-5-1-2-6(10)3-7(5)9-13(11)12/h1-3,10H. The van der Waals surface area contributed by atoms with Crippen molar-refractivity contribution in [3.63, 3.8) is 0 Å². The lowest BCUT2D eigenvalue weighted by Gasteiger charge is -1.94. The van der Waals surface area contributed by atoms with E-state index in [9.17, 15) is 8.42 Å². The number of hydrogen-bond donors (Lipinski definition) is 1. The number of benzene rings is 1. The van der Waals surface area contributed by atoms with Gasteiger partial charge in [-0.15, -0.1) is 4.36 Å². The summed E-state index contributed by atoms with van der Waals surface area (Å²) in [5.74, 6) is -0.136. The molecule has 0 atom stereocenters. The highest BCUT2D eigenvalue weighted by molar-refractivity contribution is 7.61. The van der Waals surface area contributed by atoms with Gasteiger partial charge in [0, 0.05) is 6.07 Å². The van der Waals surface area contributed by atoms with E-state index in [1.165, 1.54) is 12.1 Å². The average molecular weight is 196 g/mol. The van der Waals surface area contributed by atoms with E-state index >= 15 is 0 Å². The molecular formula is C7H4N2O3S. The second-order valence-electron chi connectivity index (χ2n) is 2.12. The fourth-order valence-electron chi connectivity index (χ4n) is 0.770. The molecule has 0 fully saturated rings. The molecule has 5 nitrogen and oxygen atoms in total. The van der Waals surface area contributed by atoms with Crippen molar-refractivity contribution in [3.8, 4) is 11.8 Å². The maximum absolute atomic E-state index is 10.2. The van der Waals surface area contributed by atoms with Crippen LogP contribution in [0.15, 0.2) is 22.6 Å². The van der Waals surface area contributed by atoms with E-state index in [2.05, 4.69) is 4.36 Å². The minimum absolute atomic E-state index is 0.0594. The van der Waals surface area contributed by atoms with Crippen molar-refractivity contribution >= 4 is 16.2 Å². The van der Waals surface area contributed by atoms with Crippen LogP contribution in [0.2, 0.25) is 0 Å². The predicted octanol–water partition coefficient (Wildman–Crippen LogP) is 0.958. The van der Waals surface area contributed by atoms with Gasteiger partial charge in [-0.05, 0) is 12.1 Å². The van der Waals surface area contributed by atoms with Gasteiger partial charge in [-0.3, -0.25) is 0 Å². The molecule has 1 rings (SSSR count). The van der Waals surface area contributed by atoms with Crippen molar-refractivity contribution in [3.05, 3.63) is 23.8 Å². The summed E-state index contributed by atoms with van der Waals surface area (Å²) >= 11 is 0. The Balaban J connectivity index is 3.43. The highest BCUT2D eigenvalue weighted by Gasteiger charge is 2.01. The van der Waals surface area contributed by atoms with Crippen molar-refractivity contribution in [1.29, 1.82) is 5.26 Å². The Morgan fingerprint density at radius 3 is 2.69 bits per heavy atom. The molecule has 0 radical (unpaired) electrons. The molecule has 0 bridgehead atoms. The molecule has 1 aromatic carbocycles. The molecule has 0 heterocycles. The SMILES string of the molecule is N#Cc1ccc(O)cc1N=S(=O)=O. The van der Waals surface area contributed by atoms with Crippen molar-refractivity contribution in [2.75, 3.05) is 0 Å². The zero-order valence-electron chi connectivity index (χ0n) is 6.30. The maximum Gasteiger partial charge on any atom is 0.316 e. The Morgan fingerprint density at radius 2 is 2.15 bits per heavy atom. The number of rotatable bonds is 1. The van der Waals surface area contributed by atoms with Gasteiger partial charge in [-0.25, -0.2) is 0 Å². The quantitative estimate of drug-likeness (QED) is 0.724. The van der Waals surface area contributed by atoms with Crippen LogP contribution in [0.25, 0.3) is 0 Å². The van der Waals surface area contributed by atoms with Gasteiger partial charge < -0.3 is 5.11 Å². The van der Waals surface area contributed by atoms with Crippen LogP contribution in [-0.2, 0) is 10.5 Å². The van der Waals surface area contributed by atoms with Gasteiger partial charge in [0.15, 0.2) is 0 Å². The maximum atomic E-state index is 10.2. The lowest BCUT2D eigenvalue weighted by Crippen LogP contribution is -1.75. The molecule has 0 aromatic heterocycles. The minimum atomic E-state index is -2.62. The first-order valence-corrected chi connectivity index (χ1v) is 4.21. The molecule has 0 amide bonds. The van der Waals surface area contributed by atoms with Gasteiger partial charge in [0.25, 0.3) is 0 Å². The summed E-state index contributed by atoms with van der Waals surface area (Å²) < 4.78 is 23.5. The van der Waals surface area contributed by atoms with Crippen LogP contribution in [0.3, 0.4) is 0 Å². The molecule has 0 aliphatic heterocycles. The highest BCUT2D eigenvalue weighted by atomic mass is 32.2. The average Bonchev–Trinajstić information content (AvgIpc) is 2.03. The van der Waals surface area contributed by atoms with Crippen LogP contribution in [0.5, 0.6) is 5.75 Å². The van der Waals surface area contributed by atoms with Gasteiger partial charge in [-0.1, -0.05) is 0 Å². The summed E-state index contributed by atoms with van der Waals surface area (Å²) in [6, 6.07) is 5.43. The predicted molar refractivity (Wildman–Crippen MR) is 43.8 cm³/mol. The van der Waals surface area contributed by atoms with Crippen LogP contribution < -0.4 is 0 Å². The molecule has 0 spiro atoms. The van der Waals surface area contributed by atoms with Crippen molar-refractivity contribution < 1.29 is 13.5 Å². The van der Waals surface area contributed by atoms with Crippen molar-refractivity contribution in [2.24, 2.45) is 4.36 Å². The van der Waals surface area contributed by atoms with Crippen LogP contribution in [-0.4, -0.2) is 13.5 Å². The normalized spacial score (nSPS) is 8.85. The van der Waals surface area contributed by atoms with Crippen LogP contribution in [0.1, 0.15) is 5.56 Å². The topological polar surface area (TPSA) is 90.5 Å². The van der Waals surface area contributed by atoms with Gasteiger partial charge >= 0.3 is 10.5 Å². The molecule has 66 valence electrons. The van der Waals surface area contributed by atoms with E-state index in [1.54, 1.807) is 6.07 Å². The fraction of sp³-hybridized carbons (Fsp3) is 0. The van der Waals surface area contributed by atoms with Crippen molar-refractivity contribution in [2.45, 2.75) is 0 Å². The molecule has 0 saturated heterocycles. The first-order valence-electron chi connectivity index (χ1n) is 3.17. The Bertz CT molecular complexity index is 491. The molecule has 1 aromatic rings. The largest absolute Gasteiger partial charge is 0.508 e. The van der Waals surface area contributed by atoms with E-state index in [4.69, 9.17) is 10.4 Å². The molecule has 0 unspecified atom stereocenters. The summed E-state index contributed by atoms with van der Waals surface area (Å²) in [6.07, 6.45) is 0. The number of nitriles is 1. The van der Waals surface area contributed by atoms with E-state index in [0.717, 1.165) is 6.07 Å². The van der Waals surface area contributed by atoms with Crippen LogP contribution in [0, 0.1) is 11.3 Å². The lowest BCUT2D eigenvalue weighted by molar-refractivity contribution is 0.475. The molecule has 6 heteroatoms. The lowest BCUT2D eigenvalue weighted by atomic mass is 10.2. The van der Waals surface area contributed by atoms with Gasteiger partial charge in [0.2, 0.25) is 0 Å². The Kier molecular flexibility index (Phi) is 2.62. The van der Waals surface area contributed by atoms with Crippen LogP contribution in [0.4, 0.5) is 5.69 Å². The summed E-state index contributed by atoms with van der Waals surface area (Å²) in [5, 5.41) is 17.5. The number of aromatic hydroxyl groups is 1. The first-order chi connectivity index (χ1) is 6.13. The van der Waals surface area contributed by atoms with E-state index in [1.807, 2.05) is 0 Å². The van der Waals surface area contributed by atoms with E-state index in [-0.39, 0.29) is 17.0 Å². The molecule has 0 aliphatic carbocycles. The molecule has 0 saturated carbocycles. The summed E-state index contributed by atoms with van der Waals surface area (Å²) in [7, 11) is -2.62. The summed E-state index contributed by atoms with van der Waals surface area (Å²) in [5.41, 5.74) is 0.0397. The Labute approximate surface area is 75.6 Å². The second kappa shape index (κ2) is 3.69. The Hall–Kier alpha value is -1.87. The van der Waals surface area contributed by atoms with E-state index < -0.39 is 10.5 Å². The third-order valence-corrected chi connectivity index (χ3v) is 1.62. The first kappa shape index (κ1) is 9.22. The van der Waals surface area contributed by atoms with Gasteiger partial charge in [-0.2, -0.15) is 13.7 Å². The fourth-order valence-corrected chi connectivity index (χ4v) is 1.08.